The van der Waals surface area contributed by atoms with E-state index in [2.05, 4.69) is 11.9 Å². The molecule has 2 aromatic rings. The van der Waals surface area contributed by atoms with E-state index in [1.807, 2.05) is 30.3 Å². The molecular formula is C22H28N2O3S. The van der Waals surface area contributed by atoms with Crippen molar-refractivity contribution in [2.75, 3.05) is 26.7 Å². The fourth-order valence-corrected chi connectivity index (χ4v) is 6.20. The van der Waals surface area contributed by atoms with Crippen LogP contribution in [-0.2, 0) is 16.6 Å². The van der Waals surface area contributed by atoms with Gasteiger partial charge in [-0.15, -0.1) is 0 Å². The third-order valence-corrected chi connectivity index (χ3v) is 7.99. The quantitative estimate of drug-likeness (QED) is 0.857. The van der Waals surface area contributed by atoms with Crippen LogP contribution in [-0.4, -0.2) is 55.5 Å². The highest BCUT2D eigenvalue weighted by atomic mass is 32.2. The van der Waals surface area contributed by atoms with Crippen molar-refractivity contribution in [3.8, 4) is 11.1 Å². The largest absolute Gasteiger partial charge is 0.392 e. The number of nitrogens with zero attached hydrogens (tertiary/aromatic N) is 2. The molecule has 0 aromatic heterocycles. The van der Waals surface area contributed by atoms with Gasteiger partial charge < -0.3 is 10.0 Å². The Morgan fingerprint density at radius 2 is 1.86 bits per heavy atom. The predicted octanol–water partition coefficient (Wildman–Crippen LogP) is 2.95. The van der Waals surface area contributed by atoms with Crippen LogP contribution in [0, 0.1) is 5.92 Å². The van der Waals surface area contributed by atoms with Gasteiger partial charge in [0, 0.05) is 25.7 Å². The zero-order chi connectivity index (χ0) is 19.7. The lowest BCUT2D eigenvalue weighted by Crippen LogP contribution is -2.41. The maximum atomic E-state index is 13.5. The SMILES string of the molecule is CN1C[C@@H]2CCC[C@H]1CN(S(=O)(=O)c1cccc(-c3ccccc3CO)c1)C2. The molecule has 2 fully saturated rings. The topological polar surface area (TPSA) is 60.9 Å². The summed E-state index contributed by atoms with van der Waals surface area (Å²) in [6.45, 7) is 2.06. The first-order valence-corrected chi connectivity index (χ1v) is 11.4. The van der Waals surface area contributed by atoms with Crippen LogP contribution in [0.1, 0.15) is 24.8 Å². The molecule has 2 aliphatic rings. The summed E-state index contributed by atoms with van der Waals surface area (Å²) >= 11 is 0. The minimum absolute atomic E-state index is 0.0744. The first-order valence-electron chi connectivity index (χ1n) is 9.98. The van der Waals surface area contributed by atoms with Gasteiger partial charge in [-0.25, -0.2) is 8.42 Å². The Morgan fingerprint density at radius 1 is 1.04 bits per heavy atom. The van der Waals surface area contributed by atoms with Crippen molar-refractivity contribution in [2.24, 2.45) is 5.92 Å². The minimum Gasteiger partial charge on any atom is -0.392 e. The number of hydrogen-bond donors (Lipinski definition) is 1. The fraction of sp³-hybridized carbons (Fsp3) is 0.455. The van der Waals surface area contributed by atoms with Crippen LogP contribution in [0.4, 0.5) is 0 Å². The van der Waals surface area contributed by atoms with Crippen molar-refractivity contribution in [1.29, 1.82) is 0 Å². The third kappa shape index (κ3) is 3.74. The van der Waals surface area contributed by atoms with Crippen LogP contribution < -0.4 is 0 Å². The van der Waals surface area contributed by atoms with Gasteiger partial charge in [0.1, 0.15) is 0 Å². The van der Waals surface area contributed by atoms with Crippen LogP contribution in [0.25, 0.3) is 11.1 Å². The third-order valence-electron chi connectivity index (χ3n) is 6.17. The number of likely N-dealkylation sites (N-methyl/N-ethyl adjacent to an activating group) is 1. The zero-order valence-corrected chi connectivity index (χ0v) is 17.1. The van der Waals surface area contributed by atoms with Crippen molar-refractivity contribution in [3.63, 3.8) is 0 Å². The predicted molar refractivity (Wildman–Crippen MR) is 110 cm³/mol. The summed E-state index contributed by atoms with van der Waals surface area (Å²) in [6, 6.07) is 15.0. The molecule has 2 heterocycles. The lowest BCUT2D eigenvalue weighted by atomic mass is 10.0. The average Bonchev–Trinajstić information content (AvgIpc) is 2.97. The van der Waals surface area contributed by atoms with Crippen molar-refractivity contribution >= 4 is 10.0 Å². The number of benzene rings is 2. The van der Waals surface area contributed by atoms with E-state index in [4.69, 9.17) is 0 Å². The minimum atomic E-state index is -3.56. The summed E-state index contributed by atoms with van der Waals surface area (Å²) in [6.07, 6.45) is 3.33. The summed E-state index contributed by atoms with van der Waals surface area (Å²) in [5.41, 5.74) is 2.48. The number of sulfonamides is 1. The van der Waals surface area contributed by atoms with Crippen LogP contribution in [0.5, 0.6) is 0 Å². The van der Waals surface area contributed by atoms with Crippen LogP contribution >= 0.6 is 0 Å². The monoisotopic (exact) mass is 400 g/mol. The Kier molecular flexibility index (Phi) is 5.56. The Bertz CT molecular complexity index is 944. The summed E-state index contributed by atoms with van der Waals surface area (Å²) in [7, 11) is -1.44. The molecular weight excluding hydrogens is 372 g/mol. The van der Waals surface area contributed by atoms with Gasteiger partial charge >= 0.3 is 0 Å². The van der Waals surface area contributed by atoms with Gasteiger partial charge in [0.25, 0.3) is 0 Å². The molecule has 2 aliphatic heterocycles. The number of fused-ring (bicyclic) bond motifs is 3. The van der Waals surface area contributed by atoms with Crippen molar-refractivity contribution in [1.82, 2.24) is 9.21 Å². The standard InChI is InChI=1S/C22H28N2O3S/c1-23-13-17-6-4-9-20(23)15-24(14-17)28(26,27)21-10-5-8-18(12-21)22-11-3-2-7-19(22)16-25/h2-3,5,7-8,10-12,17,20,25H,4,6,9,13-16H2,1H3/t17-,20-/m0/s1. The number of hydrogen-bond acceptors (Lipinski definition) is 4. The van der Waals surface area contributed by atoms with E-state index in [0.29, 0.717) is 29.9 Å². The highest BCUT2D eigenvalue weighted by Crippen LogP contribution is 2.31. The highest BCUT2D eigenvalue weighted by Gasteiger charge is 2.36. The number of rotatable bonds is 4. The number of aliphatic hydroxyl groups excluding tert-OH is 1. The lowest BCUT2D eigenvalue weighted by Gasteiger charge is -2.29. The smallest absolute Gasteiger partial charge is 0.243 e. The summed E-state index contributed by atoms with van der Waals surface area (Å²) in [5, 5.41) is 9.63. The molecule has 4 rings (SSSR count). The molecule has 28 heavy (non-hydrogen) atoms. The summed E-state index contributed by atoms with van der Waals surface area (Å²) in [5.74, 6) is 0.394. The van der Waals surface area contributed by atoms with E-state index < -0.39 is 10.0 Å². The van der Waals surface area contributed by atoms with E-state index >= 15 is 0 Å². The molecule has 6 heteroatoms. The maximum Gasteiger partial charge on any atom is 0.243 e. The molecule has 2 aromatic carbocycles. The Labute approximate surface area is 167 Å². The number of aliphatic hydroxyl groups is 1. The van der Waals surface area contributed by atoms with Gasteiger partial charge in [-0.3, -0.25) is 0 Å². The second-order valence-electron chi connectivity index (χ2n) is 8.06. The molecule has 2 bridgehead atoms. The van der Waals surface area contributed by atoms with Gasteiger partial charge in [-0.1, -0.05) is 42.8 Å². The maximum absolute atomic E-state index is 13.5. The molecule has 2 saturated heterocycles. The van der Waals surface area contributed by atoms with Gasteiger partial charge in [0.05, 0.1) is 11.5 Å². The molecule has 0 saturated carbocycles. The van der Waals surface area contributed by atoms with Crippen LogP contribution in [0.15, 0.2) is 53.4 Å². The molecule has 150 valence electrons. The average molecular weight is 401 g/mol. The normalized spacial score (nSPS) is 24.1. The van der Waals surface area contributed by atoms with Gasteiger partial charge in [0.2, 0.25) is 10.0 Å². The summed E-state index contributed by atoms with van der Waals surface area (Å²) < 4.78 is 28.6. The van der Waals surface area contributed by atoms with Crippen molar-refractivity contribution in [3.05, 3.63) is 54.1 Å². The van der Waals surface area contributed by atoms with E-state index in [0.717, 1.165) is 36.1 Å². The van der Waals surface area contributed by atoms with Gasteiger partial charge in [0.15, 0.2) is 0 Å². The van der Waals surface area contributed by atoms with E-state index in [1.165, 1.54) is 6.42 Å². The highest BCUT2D eigenvalue weighted by molar-refractivity contribution is 7.89. The van der Waals surface area contributed by atoms with Crippen molar-refractivity contribution < 1.29 is 13.5 Å². The summed E-state index contributed by atoms with van der Waals surface area (Å²) in [4.78, 5) is 2.67. The lowest BCUT2D eigenvalue weighted by molar-refractivity contribution is 0.236. The molecule has 0 amide bonds. The Morgan fingerprint density at radius 3 is 2.68 bits per heavy atom. The Balaban J connectivity index is 1.68. The molecule has 0 unspecified atom stereocenters. The Hall–Kier alpha value is -1.73. The van der Waals surface area contributed by atoms with Crippen LogP contribution in [0.2, 0.25) is 0 Å². The molecule has 0 radical (unpaired) electrons. The first kappa shape index (κ1) is 19.6. The molecule has 0 aliphatic carbocycles. The van der Waals surface area contributed by atoms with E-state index in [1.54, 1.807) is 22.5 Å². The molecule has 5 nitrogen and oxygen atoms in total. The van der Waals surface area contributed by atoms with Gasteiger partial charge in [-0.2, -0.15) is 4.31 Å². The van der Waals surface area contributed by atoms with E-state index in [9.17, 15) is 13.5 Å². The molecule has 2 atom stereocenters. The van der Waals surface area contributed by atoms with E-state index in [-0.39, 0.29) is 6.61 Å². The van der Waals surface area contributed by atoms with Crippen molar-refractivity contribution in [2.45, 2.75) is 36.8 Å². The van der Waals surface area contributed by atoms with Crippen LogP contribution in [0.3, 0.4) is 0 Å². The first-order chi connectivity index (χ1) is 13.5. The van der Waals surface area contributed by atoms with Gasteiger partial charge in [-0.05, 0) is 54.6 Å². The second kappa shape index (κ2) is 7.95. The zero-order valence-electron chi connectivity index (χ0n) is 16.3. The molecule has 1 N–H and O–H groups in total. The fourth-order valence-electron chi connectivity index (χ4n) is 4.60. The second-order valence-corrected chi connectivity index (χ2v) is 9.99. The molecule has 0 spiro atoms.